The van der Waals surface area contributed by atoms with E-state index >= 15 is 4.39 Å². The third-order valence-corrected chi connectivity index (χ3v) is 15.6. The average molecular weight is 885 g/mol. The van der Waals surface area contributed by atoms with Gasteiger partial charge in [0.1, 0.15) is 18.5 Å². The number of benzene rings is 1. The van der Waals surface area contributed by atoms with E-state index in [0.717, 1.165) is 17.6 Å². The summed E-state index contributed by atoms with van der Waals surface area (Å²) in [5, 5.41) is 39.3. The van der Waals surface area contributed by atoms with Gasteiger partial charge in [-0.1, -0.05) is 53.6 Å². The van der Waals surface area contributed by atoms with Gasteiger partial charge in [-0.25, -0.2) is 4.39 Å². The Morgan fingerprint density at radius 3 is 2.53 bits per heavy atom. The SMILES string of the molecule is C[C@]12C=CC(=O)C=C1CC[C@@H]1[C@@H]2[C@@H](O)C[C@@]2(C)[C@H]1C[C@H]1O[C@@H](c3ccc(CC45CC(NC(=O)[C@H](CCC(=O)O)NC(=O)CNC(=O)CBr)(C4)C5)cc3F)O[C@]12C(=O)CO. The number of carbonyl (C=O) groups is 6. The van der Waals surface area contributed by atoms with Crippen molar-refractivity contribution >= 4 is 51.2 Å². The number of nitrogens with one attached hydrogen (secondary N) is 3. The number of fused-ring (bicyclic) bond motifs is 7. The van der Waals surface area contributed by atoms with Crippen molar-refractivity contribution in [2.45, 2.75) is 114 Å². The summed E-state index contributed by atoms with van der Waals surface area (Å²) in [5.41, 5.74) is -1.85. The second kappa shape index (κ2) is 15.0. The topological polar surface area (TPSA) is 218 Å². The highest BCUT2D eigenvalue weighted by Crippen LogP contribution is 2.71. The minimum atomic E-state index is -1.60. The van der Waals surface area contributed by atoms with Crippen LogP contribution in [0.1, 0.15) is 89.1 Å². The maximum absolute atomic E-state index is 16.1. The first-order valence-electron chi connectivity index (χ1n) is 20.4. The van der Waals surface area contributed by atoms with Crippen LogP contribution in [-0.4, -0.2) is 98.4 Å². The Balaban J connectivity index is 0.920. The van der Waals surface area contributed by atoms with Gasteiger partial charge in [0.2, 0.25) is 17.7 Å². The molecule has 7 aliphatic carbocycles. The highest BCUT2D eigenvalue weighted by atomic mass is 79.9. The lowest BCUT2D eigenvalue weighted by molar-refractivity contribution is -0.201. The predicted octanol–water partition coefficient (Wildman–Crippen LogP) is 2.87. The van der Waals surface area contributed by atoms with Gasteiger partial charge in [0.15, 0.2) is 23.5 Å². The lowest BCUT2D eigenvalue weighted by Crippen LogP contribution is -2.76. The Morgan fingerprint density at radius 1 is 1.10 bits per heavy atom. The Bertz CT molecular complexity index is 2040. The number of Topliss-reactive ketones (excluding diaryl/α,β-unsaturated/α-hetero) is 1. The van der Waals surface area contributed by atoms with E-state index in [-0.39, 0.29) is 65.7 Å². The molecule has 1 aliphatic heterocycles. The van der Waals surface area contributed by atoms with Crippen molar-refractivity contribution in [2.75, 3.05) is 18.5 Å². The molecule has 318 valence electrons. The van der Waals surface area contributed by atoms with Crippen LogP contribution < -0.4 is 16.0 Å². The summed E-state index contributed by atoms with van der Waals surface area (Å²) in [6.45, 7) is 2.84. The molecule has 7 fully saturated rings. The number of rotatable bonds is 14. The van der Waals surface area contributed by atoms with Crippen LogP contribution in [0.25, 0.3) is 0 Å². The normalized spacial score (nSPS) is 38.9. The number of carboxylic acids is 1. The molecule has 0 radical (unpaired) electrons. The zero-order valence-electron chi connectivity index (χ0n) is 33.1. The first kappa shape index (κ1) is 41.9. The lowest BCUT2D eigenvalue weighted by Gasteiger charge is -2.71. The van der Waals surface area contributed by atoms with E-state index in [1.807, 2.05) is 13.0 Å². The fraction of sp³-hybridized carbons (Fsp3) is 0.628. The van der Waals surface area contributed by atoms with E-state index in [4.69, 9.17) is 9.47 Å². The van der Waals surface area contributed by atoms with Crippen molar-refractivity contribution in [1.29, 1.82) is 0 Å². The molecule has 1 aromatic rings. The summed E-state index contributed by atoms with van der Waals surface area (Å²) >= 11 is 2.99. The molecular weight excluding hydrogens is 833 g/mol. The lowest BCUT2D eigenvalue weighted by atomic mass is 9.38. The number of amides is 3. The molecule has 0 unspecified atom stereocenters. The molecule has 1 heterocycles. The summed E-state index contributed by atoms with van der Waals surface area (Å²) in [6, 6.07) is 3.73. The molecule has 10 atom stereocenters. The maximum Gasteiger partial charge on any atom is 0.303 e. The van der Waals surface area contributed by atoms with Gasteiger partial charge in [0.05, 0.1) is 24.1 Å². The number of ether oxygens (including phenoxy) is 2. The first-order valence-corrected chi connectivity index (χ1v) is 21.6. The van der Waals surface area contributed by atoms with Gasteiger partial charge >= 0.3 is 5.97 Å². The van der Waals surface area contributed by atoms with Gasteiger partial charge in [-0.2, -0.15) is 0 Å². The summed E-state index contributed by atoms with van der Waals surface area (Å²) in [4.78, 5) is 74.6. The highest BCUT2D eigenvalue weighted by Gasteiger charge is 2.76. The van der Waals surface area contributed by atoms with Gasteiger partial charge in [0.25, 0.3) is 0 Å². The summed E-state index contributed by atoms with van der Waals surface area (Å²) < 4.78 is 29.2. The number of aliphatic hydroxyl groups excluding tert-OH is 2. The second-order valence-electron chi connectivity index (χ2n) is 18.6. The predicted molar refractivity (Wildman–Crippen MR) is 210 cm³/mol. The molecule has 6 saturated carbocycles. The fourth-order valence-corrected chi connectivity index (χ4v) is 13.0. The van der Waals surface area contributed by atoms with Crippen molar-refractivity contribution < 1.29 is 58.0 Å². The zero-order chi connectivity index (χ0) is 42.3. The summed E-state index contributed by atoms with van der Waals surface area (Å²) in [6.07, 6.45) is 6.35. The minimum absolute atomic E-state index is 0.000340. The Hall–Kier alpha value is -3.83. The quantitative estimate of drug-likeness (QED) is 0.149. The van der Waals surface area contributed by atoms with Crippen LogP contribution in [0.4, 0.5) is 4.39 Å². The number of aliphatic hydroxyl groups is 2. The van der Waals surface area contributed by atoms with Crippen LogP contribution in [0, 0.1) is 39.8 Å². The van der Waals surface area contributed by atoms with Gasteiger partial charge in [0, 0.05) is 34.3 Å². The number of allylic oxidation sites excluding steroid dienone is 4. The van der Waals surface area contributed by atoms with Crippen molar-refractivity contribution in [3.8, 4) is 0 Å². The van der Waals surface area contributed by atoms with Crippen LogP contribution in [0.5, 0.6) is 0 Å². The third-order valence-electron chi connectivity index (χ3n) is 15.1. The number of halogens is 2. The van der Waals surface area contributed by atoms with Gasteiger partial charge in [-0.05, 0) is 98.8 Å². The number of aliphatic carboxylic acids is 1. The molecule has 8 aliphatic rings. The molecule has 14 nitrogen and oxygen atoms in total. The largest absolute Gasteiger partial charge is 0.481 e. The van der Waals surface area contributed by atoms with Gasteiger partial charge in [-0.15, -0.1) is 0 Å². The zero-order valence-corrected chi connectivity index (χ0v) is 34.6. The van der Waals surface area contributed by atoms with Crippen molar-refractivity contribution in [3.63, 3.8) is 0 Å². The molecule has 3 amide bonds. The van der Waals surface area contributed by atoms with E-state index < -0.39 is 88.4 Å². The summed E-state index contributed by atoms with van der Waals surface area (Å²) in [7, 11) is 0. The number of alkyl halides is 1. The van der Waals surface area contributed by atoms with Crippen LogP contribution in [0.3, 0.4) is 0 Å². The average Bonchev–Trinajstić information content (AvgIpc) is 3.66. The standard InChI is InChI=1S/C43H51BrFN3O11/c1-39-10-9-24(50)12-23(39)4-6-25-27-13-32-43(31(52)18-49,40(27,2)15-30(51)36(25)39)59-38(58-32)26-5-3-22(11-28(26)45)14-41-19-42(20-41,21-41)48-37(57)29(7-8-35(55)56)47-34(54)17-46-33(53)16-44/h3,5,9-12,25,27,29-30,32,36,38,49,51H,4,6-8,13-21H2,1-2H3,(H,46,53)(H,47,54)(H,48,57)(H,55,56)/t25-,27-,29-,30-,32+,36+,38+,39-,40-,41?,42?,43+/m0/s1. The molecule has 16 heteroatoms. The van der Waals surface area contributed by atoms with Crippen LogP contribution in [-0.2, 0) is 44.7 Å². The van der Waals surface area contributed by atoms with Crippen molar-refractivity contribution in [1.82, 2.24) is 16.0 Å². The van der Waals surface area contributed by atoms with E-state index in [9.17, 15) is 44.1 Å². The molecule has 0 aromatic heterocycles. The fourth-order valence-electron chi connectivity index (χ4n) is 12.8. The van der Waals surface area contributed by atoms with E-state index in [1.165, 1.54) is 6.07 Å². The number of carboxylic acid groups (broad SMARTS) is 1. The monoisotopic (exact) mass is 883 g/mol. The van der Waals surface area contributed by atoms with E-state index in [1.54, 1.807) is 24.3 Å². The molecule has 0 spiro atoms. The van der Waals surface area contributed by atoms with Crippen molar-refractivity contribution in [3.05, 3.63) is 58.9 Å². The maximum atomic E-state index is 16.1. The minimum Gasteiger partial charge on any atom is -0.481 e. The second-order valence-corrected chi connectivity index (χ2v) is 19.2. The molecule has 1 saturated heterocycles. The van der Waals surface area contributed by atoms with Gasteiger partial charge < -0.3 is 40.7 Å². The molecular formula is C43H51BrFN3O11. The van der Waals surface area contributed by atoms with Gasteiger partial charge in [-0.3, -0.25) is 28.8 Å². The number of hydrogen-bond acceptors (Lipinski definition) is 10. The van der Waals surface area contributed by atoms with Crippen LogP contribution in [0.2, 0.25) is 0 Å². The molecule has 6 N–H and O–H groups in total. The number of hydrogen-bond donors (Lipinski definition) is 6. The molecule has 1 aromatic carbocycles. The Labute approximate surface area is 349 Å². The van der Waals surface area contributed by atoms with Crippen molar-refractivity contribution in [2.24, 2.45) is 34.0 Å². The van der Waals surface area contributed by atoms with E-state index in [0.29, 0.717) is 38.5 Å². The Morgan fingerprint density at radius 2 is 1.85 bits per heavy atom. The number of ketones is 2. The smallest absolute Gasteiger partial charge is 0.303 e. The third kappa shape index (κ3) is 6.81. The first-order chi connectivity index (χ1) is 27.9. The number of carbonyl (C=O) groups excluding carboxylic acids is 5. The highest BCUT2D eigenvalue weighted by molar-refractivity contribution is 9.09. The van der Waals surface area contributed by atoms with E-state index in [2.05, 4.69) is 38.8 Å². The van der Waals surface area contributed by atoms with Crippen LogP contribution in [0.15, 0.2) is 42.0 Å². The summed E-state index contributed by atoms with van der Waals surface area (Å²) in [5.74, 6) is -4.12. The van der Waals surface area contributed by atoms with Crippen LogP contribution >= 0.6 is 15.9 Å². The molecule has 2 bridgehead atoms. The molecule has 9 rings (SSSR count). The molecule has 59 heavy (non-hydrogen) atoms. The Kier molecular flexibility index (Phi) is 10.6.